The molecule has 110 valence electrons. The zero-order valence-corrected chi connectivity index (χ0v) is 11.5. The van der Waals surface area contributed by atoms with E-state index in [0.29, 0.717) is 17.1 Å². The number of halogens is 4. The summed E-state index contributed by atoms with van der Waals surface area (Å²) < 4.78 is 37.3. The SMILES string of the molecule is O=C(Nc1ccc(C(F)(F)F)cc1)c1ccc(CCl)cc1. The highest BCUT2D eigenvalue weighted by Crippen LogP contribution is 2.29. The van der Waals surface area contributed by atoms with Crippen LogP contribution in [-0.2, 0) is 12.1 Å². The summed E-state index contributed by atoms with van der Waals surface area (Å²) in [4.78, 5) is 11.9. The first-order valence-corrected chi connectivity index (χ1v) is 6.57. The predicted octanol–water partition coefficient (Wildman–Crippen LogP) is 4.70. The Morgan fingerprint density at radius 3 is 2.05 bits per heavy atom. The van der Waals surface area contributed by atoms with Crippen LogP contribution in [0.15, 0.2) is 48.5 Å². The minimum absolute atomic E-state index is 0.300. The van der Waals surface area contributed by atoms with Gasteiger partial charge in [0.15, 0.2) is 0 Å². The molecule has 0 aliphatic carbocycles. The van der Waals surface area contributed by atoms with Gasteiger partial charge in [0.25, 0.3) is 5.91 Å². The van der Waals surface area contributed by atoms with Crippen molar-refractivity contribution in [3.05, 3.63) is 65.2 Å². The number of amides is 1. The molecule has 0 heterocycles. The zero-order chi connectivity index (χ0) is 15.5. The van der Waals surface area contributed by atoms with Crippen LogP contribution in [0.5, 0.6) is 0 Å². The lowest BCUT2D eigenvalue weighted by Gasteiger charge is -2.09. The molecule has 0 aromatic heterocycles. The largest absolute Gasteiger partial charge is 0.416 e. The summed E-state index contributed by atoms with van der Waals surface area (Å²) in [6, 6.07) is 10.9. The number of hydrogen-bond donors (Lipinski definition) is 1. The van der Waals surface area contributed by atoms with Gasteiger partial charge in [-0.2, -0.15) is 13.2 Å². The van der Waals surface area contributed by atoms with Crippen molar-refractivity contribution < 1.29 is 18.0 Å². The van der Waals surface area contributed by atoms with Crippen LogP contribution in [0.1, 0.15) is 21.5 Å². The summed E-state index contributed by atoms with van der Waals surface area (Å²) in [7, 11) is 0. The Labute approximate surface area is 124 Å². The summed E-state index contributed by atoms with van der Waals surface area (Å²) >= 11 is 5.65. The van der Waals surface area contributed by atoms with E-state index in [-0.39, 0.29) is 0 Å². The van der Waals surface area contributed by atoms with Gasteiger partial charge in [0.1, 0.15) is 0 Å². The fourth-order valence-corrected chi connectivity index (χ4v) is 1.87. The molecule has 0 unspecified atom stereocenters. The third-order valence-corrected chi connectivity index (χ3v) is 3.15. The van der Waals surface area contributed by atoms with Crippen molar-refractivity contribution in [1.29, 1.82) is 0 Å². The fraction of sp³-hybridized carbons (Fsp3) is 0.133. The van der Waals surface area contributed by atoms with Gasteiger partial charge < -0.3 is 5.32 Å². The second-order valence-electron chi connectivity index (χ2n) is 4.36. The van der Waals surface area contributed by atoms with Gasteiger partial charge in [-0.25, -0.2) is 0 Å². The van der Waals surface area contributed by atoms with Crippen LogP contribution >= 0.6 is 11.6 Å². The maximum Gasteiger partial charge on any atom is 0.416 e. The summed E-state index contributed by atoms with van der Waals surface area (Å²) in [6.45, 7) is 0. The number of rotatable bonds is 3. The molecule has 6 heteroatoms. The molecule has 0 atom stereocenters. The standard InChI is InChI=1S/C15H11ClF3NO/c16-9-10-1-3-11(4-2-10)14(21)20-13-7-5-12(6-8-13)15(17,18)19/h1-8H,9H2,(H,20,21). The van der Waals surface area contributed by atoms with Crippen molar-refractivity contribution in [2.24, 2.45) is 0 Å². The van der Waals surface area contributed by atoms with Crippen molar-refractivity contribution >= 4 is 23.2 Å². The number of alkyl halides is 4. The van der Waals surface area contributed by atoms with Crippen LogP contribution in [0, 0.1) is 0 Å². The van der Waals surface area contributed by atoms with Gasteiger partial charge in [-0.15, -0.1) is 11.6 Å². The maximum absolute atomic E-state index is 12.4. The number of benzene rings is 2. The van der Waals surface area contributed by atoms with E-state index in [4.69, 9.17) is 11.6 Å². The monoisotopic (exact) mass is 313 g/mol. The summed E-state index contributed by atoms with van der Waals surface area (Å²) in [5, 5.41) is 2.54. The minimum Gasteiger partial charge on any atom is -0.322 e. The van der Waals surface area contributed by atoms with Gasteiger partial charge in [0.05, 0.1) is 5.56 Å². The first-order chi connectivity index (χ1) is 9.90. The maximum atomic E-state index is 12.4. The molecule has 2 nitrogen and oxygen atoms in total. The van der Waals surface area contributed by atoms with Gasteiger partial charge in [-0.3, -0.25) is 4.79 Å². The van der Waals surface area contributed by atoms with E-state index < -0.39 is 17.6 Å². The van der Waals surface area contributed by atoms with Crippen molar-refractivity contribution in [3.63, 3.8) is 0 Å². The Morgan fingerprint density at radius 1 is 1.00 bits per heavy atom. The quantitative estimate of drug-likeness (QED) is 0.818. The third kappa shape index (κ3) is 3.98. The highest BCUT2D eigenvalue weighted by atomic mass is 35.5. The van der Waals surface area contributed by atoms with Crippen LogP contribution in [0.3, 0.4) is 0 Å². The predicted molar refractivity (Wildman–Crippen MR) is 75.4 cm³/mol. The number of nitrogens with one attached hydrogen (secondary N) is 1. The lowest BCUT2D eigenvalue weighted by atomic mass is 10.1. The van der Waals surface area contributed by atoms with E-state index >= 15 is 0 Å². The molecule has 0 saturated carbocycles. The Morgan fingerprint density at radius 2 is 1.57 bits per heavy atom. The highest BCUT2D eigenvalue weighted by Gasteiger charge is 2.29. The number of carbonyl (C=O) groups is 1. The van der Waals surface area contributed by atoms with Crippen LogP contribution in [0.4, 0.5) is 18.9 Å². The van der Waals surface area contributed by atoms with Crippen LogP contribution in [-0.4, -0.2) is 5.91 Å². The van der Waals surface area contributed by atoms with Gasteiger partial charge in [0, 0.05) is 17.1 Å². The lowest BCUT2D eigenvalue weighted by Crippen LogP contribution is -2.12. The molecule has 0 saturated heterocycles. The second kappa shape index (κ2) is 6.18. The molecular weight excluding hydrogens is 303 g/mol. The topological polar surface area (TPSA) is 29.1 Å². The molecule has 1 amide bonds. The molecule has 0 aliphatic rings. The number of carbonyl (C=O) groups excluding carboxylic acids is 1. The van der Waals surface area contributed by atoms with E-state index in [1.54, 1.807) is 24.3 Å². The third-order valence-electron chi connectivity index (χ3n) is 2.84. The number of anilines is 1. The zero-order valence-electron chi connectivity index (χ0n) is 10.7. The molecule has 2 aromatic carbocycles. The van der Waals surface area contributed by atoms with Crippen molar-refractivity contribution in [2.45, 2.75) is 12.1 Å². The Balaban J connectivity index is 2.08. The molecule has 0 bridgehead atoms. The Hall–Kier alpha value is -2.01. The van der Waals surface area contributed by atoms with E-state index in [1.807, 2.05) is 0 Å². The van der Waals surface area contributed by atoms with Gasteiger partial charge in [-0.1, -0.05) is 12.1 Å². The highest BCUT2D eigenvalue weighted by molar-refractivity contribution is 6.17. The average molecular weight is 314 g/mol. The molecule has 0 radical (unpaired) electrons. The fourth-order valence-electron chi connectivity index (χ4n) is 1.69. The normalized spacial score (nSPS) is 11.2. The van der Waals surface area contributed by atoms with Crippen molar-refractivity contribution in [3.8, 4) is 0 Å². The van der Waals surface area contributed by atoms with Gasteiger partial charge >= 0.3 is 6.18 Å². The molecule has 0 spiro atoms. The first-order valence-electron chi connectivity index (χ1n) is 6.03. The Kier molecular flexibility index (Phi) is 4.53. The summed E-state index contributed by atoms with van der Waals surface area (Å²) in [5.74, 6) is -0.0447. The average Bonchev–Trinajstić information content (AvgIpc) is 2.47. The van der Waals surface area contributed by atoms with Crippen LogP contribution < -0.4 is 5.32 Å². The summed E-state index contributed by atoms with van der Waals surface area (Å²) in [5.41, 5.74) is 0.827. The molecule has 2 rings (SSSR count). The molecular formula is C15H11ClF3NO. The van der Waals surface area contributed by atoms with E-state index in [2.05, 4.69) is 5.32 Å². The van der Waals surface area contributed by atoms with Crippen molar-refractivity contribution in [2.75, 3.05) is 5.32 Å². The van der Waals surface area contributed by atoms with Crippen LogP contribution in [0.2, 0.25) is 0 Å². The minimum atomic E-state index is -4.39. The number of hydrogen-bond acceptors (Lipinski definition) is 1. The van der Waals surface area contributed by atoms with E-state index in [0.717, 1.165) is 17.7 Å². The van der Waals surface area contributed by atoms with Crippen molar-refractivity contribution in [1.82, 2.24) is 0 Å². The van der Waals surface area contributed by atoms with Gasteiger partial charge in [-0.05, 0) is 42.0 Å². The molecule has 21 heavy (non-hydrogen) atoms. The molecule has 2 aromatic rings. The summed E-state index contributed by atoms with van der Waals surface area (Å²) in [6.07, 6.45) is -4.39. The van der Waals surface area contributed by atoms with Gasteiger partial charge in [0.2, 0.25) is 0 Å². The first kappa shape index (κ1) is 15.4. The smallest absolute Gasteiger partial charge is 0.322 e. The van der Waals surface area contributed by atoms with Crippen LogP contribution in [0.25, 0.3) is 0 Å². The van der Waals surface area contributed by atoms with E-state index in [9.17, 15) is 18.0 Å². The Bertz CT molecular complexity index is 621. The molecule has 0 aliphatic heterocycles. The second-order valence-corrected chi connectivity index (χ2v) is 4.63. The lowest BCUT2D eigenvalue weighted by molar-refractivity contribution is -0.137. The molecule has 0 fully saturated rings. The van der Waals surface area contributed by atoms with E-state index in [1.165, 1.54) is 12.1 Å². The molecule has 1 N–H and O–H groups in total.